The second kappa shape index (κ2) is 6.75. The van der Waals surface area contributed by atoms with Crippen molar-refractivity contribution in [3.63, 3.8) is 0 Å². The fraction of sp³-hybridized carbons (Fsp3) is 0.167. The van der Waals surface area contributed by atoms with Crippen LogP contribution in [0.2, 0.25) is 0 Å². The van der Waals surface area contributed by atoms with E-state index in [2.05, 4.69) is 13.0 Å². The molecule has 0 amide bonds. The number of carboxylic acids is 1. The van der Waals surface area contributed by atoms with Gasteiger partial charge in [0, 0.05) is 6.08 Å². The van der Waals surface area contributed by atoms with Gasteiger partial charge in [-0.3, -0.25) is 0 Å². The van der Waals surface area contributed by atoms with E-state index in [-0.39, 0.29) is 0 Å². The van der Waals surface area contributed by atoms with Crippen LogP contribution in [0.5, 0.6) is 5.75 Å². The Hall–Kier alpha value is -2.55. The van der Waals surface area contributed by atoms with E-state index >= 15 is 0 Å². The molecule has 0 spiro atoms. The molecule has 3 heteroatoms. The summed E-state index contributed by atoms with van der Waals surface area (Å²) in [5.41, 5.74) is 4.26. The third-order valence-corrected chi connectivity index (χ3v) is 3.32. The number of methoxy groups -OCH3 is 1. The molecule has 0 fully saturated rings. The molecular formula is C18H18O3. The molecule has 0 bridgehead atoms. The van der Waals surface area contributed by atoms with E-state index in [0.29, 0.717) is 0 Å². The average Bonchev–Trinajstić information content (AvgIpc) is 2.52. The van der Waals surface area contributed by atoms with Gasteiger partial charge < -0.3 is 9.84 Å². The highest BCUT2D eigenvalue weighted by Crippen LogP contribution is 2.27. The van der Waals surface area contributed by atoms with Gasteiger partial charge in [0.1, 0.15) is 5.75 Å². The molecule has 21 heavy (non-hydrogen) atoms. The zero-order valence-corrected chi connectivity index (χ0v) is 12.2. The Labute approximate surface area is 124 Å². The molecular weight excluding hydrogens is 264 g/mol. The topological polar surface area (TPSA) is 46.5 Å². The van der Waals surface area contributed by atoms with Crippen molar-refractivity contribution in [2.45, 2.75) is 13.3 Å². The SMILES string of the molecule is CCc1cc(-c2ccc(C=CC(=O)O)cc2)ccc1OC. The van der Waals surface area contributed by atoms with Crippen molar-refractivity contribution < 1.29 is 14.6 Å². The van der Waals surface area contributed by atoms with Crippen LogP contribution in [0.4, 0.5) is 0 Å². The number of hydrogen-bond donors (Lipinski definition) is 1. The second-order valence-electron chi connectivity index (χ2n) is 4.67. The molecule has 0 saturated carbocycles. The summed E-state index contributed by atoms with van der Waals surface area (Å²) in [6.07, 6.45) is 3.63. The predicted molar refractivity (Wildman–Crippen MR) is 84.5 cm³/mol. The smallest absolute Gasteiger partial charge is 0.328 e. The number of aliphatic carboxylic acids is 1. The average molecular weight is 282 g/mol. The third-order valence-electron chi connectivity index (χ3n) is 3.32. The van der Waals surface area contributed by atoms with Gasteiger partial charge in [0.15, 0.2) is 0 Å². The first-order chi connectivity index (χ1) is 10.1. The quantitative estimate of drug-likeness (QED) is 0.842. The maximum absolute atomic E-state index is 10.5. The molecule has 0 heterocycles. The molecule has 1 N–H and O–H groups in total. The van der Waals surface area contributed by atoms with Gasteiger partial charge in [0.25, 0.3) is 0 Å². The Bertz CT molecular complexity index is 655. The molecule has 108 valence electrons. The summed E-state index contributed by atoms with van der Waals surface area (Å²) in [6.45, 7) is 2.10. The third kappa shape index (κ3) is 3.72. The van der Waals surface area contributed by atoms with Crippen LogP contribution in [-0.4, -0.2) is 18.2 Å². The lowest BCUT2D eigenvalue weighted by atomic mass is 10.00. The van der Waals surface area contributed by atoms with E-state index < -0.39 is 5.97 Å². The van der Waals surface area contributed by atoms with Gasteiger partial charge in [-0.1, -0.05) is 37.3 Å². The number of rotatable bonds is 5. The highest BCUT2D eigenvalue weighted by Gasteiger charge is 2.04. The molecule has 0 aliphatic rings. The number of carbonyl (C=O) groups is 1. The highest BCUT2D eigenvalue weighted by molar-refractivity contribution is 5.85. The number of hydrogen-bond acceptors (Lipinski definition) is 2. The fourth-order valence-electron chi connectivity index (χ4n) is 2.19. The van der Waals surface area contributed by atoms with Crippen molar-refractivity contribution in [1.29, 1.82) is 0 Å². The van der Waals surface area contributed by atoms with Gasteiger partial charge in [-0.15, -0.1) is 0 Å². The molecule has 2 aromatic rings. The van der Waals surface area contributed by atoms with E-state index in [1.165, 1.54) is 5.56 Å². The highest BCUT2D eigenvalue weighted by atomic mass is 16.5. The van der Waals surface area contributed by atoms with Crippen LogP contribution in [0.25, 0.3) is 17.2 Å². The first-order valence-electron chi connectivity index (χ1n) is 6.82. The minimum atomic E-state index is -0.943. The molecule has 2 rings (SSSR count). The zero-order chi connectivity index (χ0) is 15.2. The molecule has 0 aromatic heterocycles. The van der Waals surface area contributed by atoms with E-state index in [4.69, 9.17) is 9.84 Å². The Kier molecular flexibility index (Phi) is 4.77. The molecule has 0 radical (unpaired) electrons. The van der Waals surface area contributed by atoms with E-state index in [9.17, 15) is 4.79 Å². The second-order valence-corrected chi connectivity index (χ2v) is 4.67. The normalized spacial score (nSPS) is 10.8. The van der Waals surface area contributed by atoms with Gasteiger partial charge in [0.2, 0.25) is 0 Å². The largest absolute Gasteiger partial charge is 0.496 e. The molecule has 0 atom stereocenters. The molecule has 0 unspecified atom stereocenters. The summed E-state index contributed by atoms with van der Waals surface area (Å²) < 4.78 is 5.34. The number of carboxylic acid groups (broad SMARTS) is 1. The van der Waals surface area contributed by atoms with Gasteiger partial charge in [-0.25, -0.2) is 4.79 Å². The molecule has 0 aliphatic carbocycles. The number of benzene rings is 2. The minimum Gasteiger partial charge on any atom is -0.496 e. The number of aryl methyl sites for hydroxylation is 1. The monoisotopic (exact) mass is 282 g/mol. The summed E-state index contributed by atoms with van der Waals surface area (Å²) in [5, 5.41) is 8.62. The Morgan fingerprint density at radius 2 is 1.81 bits per heavy atom. The molecule has 2 aromatic carbocycles. The van der Waals surface area contributed by atoms with Crippen LogP contribution in [0.15, 0.2) is 48.5 Å². The molecule has 0 saturated heterocycles. The van der Waals surface area contributed by atoms with Gasteiger partial charge in [0.05, 0.1) is 7.11 Å². The van der Waals surface area contributed by atoms with E-state index in [1.807, 2.05) is 36.4 Å². The fourth-order valence-corrected chi connectivity index (χ4v) is 2.19. The van der Waals surface area contributed by atoms with E-state index in [1.54, 1.807) is 13.2 Å². The van der Waals surface area contributed by atoms with Crippen molar-refractivity contribution in [1.82, 2.24) is 0 Å². The summed E-state index contributed by atoms with van der Waals surface area (Å²) in [6, 6.07) is 13.9. The lowest BCUT2D eigenvalue weighted by Gasteiger charge is -2.09. The minimum absolute atomic E-state index is 0.866. The van der Waals surface area contributed by atoms with Crippen molar-refractivity contribution in [2.24, 2.45) is 0 Å². The van der Waals surface area contributed by atoms with Crippen LogP contribution < -0.4 is 4.74 Å². The Morgan fingerprint density at radius 1 is 1.14 bits per heavy atom. The summed E-state index contributed by atoms with van der Waals surface area (Å²) in [5.74, 6) is -0.0379. The van der Waals surface area contributed by atoms with Crippen molar-refractivity contribution >= 4 is 12.0 Å². The molecule has 3 nitrogen and oxygen atoms in total. The van der Waals surface area contributed by atoms with E-state index in [0.717, 1.165) is 34.9 Å². The van der Waals surface area contributed by atoms with Crippen LogP contribution in [0.1, 0.15) is 18.1 Å². The summed E-state index contributed by atoms with van der Waals surface area (Å²) in [7, 11) is 1.68. The standard InChI is InChI=1S/C18H18O3/c1-3-14-12-16(9-10-17(14)21-2)15-7-4-13(5-8-15)6-11-18(19)20/h4-12H,3H2,1-2H3,(H,19,20). The summed E-state index contributed by atoms with van der Waals surface area (Å²) in [4.78, 5) is 10.5. The zero-order valence-electron chi connectivity index (χ0n) is 12.2. The van der Waals surface area contributed by atoms with Gasteiger partial charge in [-0.2, -0.15) is 0 Å². The van der Waals surface area contributed by atoms with Gasteiger partial charge >= 0.3 is 5.97 Å². The van der Waals surface area contributed by atoms with Crippen LogP contribution in [0, 0.1) is 0 Å². The maximum atomic E-state index is 10.5. The van der Waals surface area contributed by atoms with Crippen LogP contribution >= 0.6 is 0 Å². The number of ether oxygens (including phenoxy) is 1. The predicted octanol–water partition coefficient (Wildman–Crippen LogP) is 4.02. The lowest BCUT2D eigenvalue weighted by molar-refractivity contribution is -0.131. The van der Waals surface area contributed by atoms with Crippen LogP contribution in [0.3, 0.4) is 0 Å². The summed E-state index contributed by atoms with van der Waals surface area (Å²) >= 11 is 0. The lowest BCUT2D eigenvalue weighted by Crippen LogP contribution is -1.91. The van der Waals surface area contributed by atoms with Crippen molar-refractivity contribution in [3.8, 4) is 16.9 Å². The molecule has 0 aliphatic heterocycles. The maximum Gasteiger partial charge on any atom is 0.328 e. The van der Waals surface area contributed by atoms with Crippen molar-refractivity contribution in [2.75, 3.05) is 7.11 Å². The first kappa shape index (κ1) is 14.9. The van der Waals surface area contributed by atoms with Gasteiger partial charge in [-0.05, 0) is 46.9 Å². The Morgan fingerprint density at radius 3 is 2.38 bits per heavy atom. The first-order valence-corrected chi connectivity index (χ1v) is 6.82. The van der Waals surface area contributed by atoms with Crippen molar-refractivity contribution in [3.05, 3.63) is 59.7 Å². The van der Waals surface area contributed by atoms with Crippen LogP contribution in [-0.2, 0) is 11.2 Å². The Balaban J connectivity index is 2.28.